The van der Waals surface area contributed by atoms with Gasteiger partial charge in [0.25, 0.3) is 0 Å². The van der Waals surface area contributed by atoms with Crippen LogP contribution in [0.1, 0.15) is 11.1 Å². The van der Waals surface area contributed by atoms with Crippen molar-refractivity contribution in [3.05, 3.63) is 132 Å². The summed E-state index contributed by atoms with van der Waals surface area (Å²) in [6.07, 6.45) is 0. The van der Waals surface area contributed by atoms with E-state index in [0.717, 1.165) is 37.2 Å². The highest BCUT2D eigenvalue weighted by Crippen LogP contribution is 2.47. The van der Waals surface area contributed by atoms with Gasteiger partial charge in [-0.25, -0.2) is 0 Å². The van der Waals surface area contributed by atoms with Crippen molar-refractivity contribution in [1.29, 1.82) is 10.5 Å². The minimum Gasteiger partial charge on any atom is -0.192 e. The summed E-state index contributed by atoms with van der Waals surface area (Å²) < 4.78 is 4.71. The van der Waals surface area contributed by atoms with Crippen molar-refractivity contribution in [2.75, 3.05) is 0 Å². The third-order valence-electron chi connectivity index (χ3n) is 8.00. The Bertz CT molecular complexity index is 2280. The standard InChI is InChI=1S/C38H20N2S2/c39-21-32-30(28-16-8-14-26-24-12-4-6-18-34(24)41-37(26)28)20-31(33(22-40)36(32)23-10-2-1-3-11-23)29-17-9-15-27-25-13-5-7-19-35(25)42-38(27)29/h1-20H. The predicted octanol–water partition coefficient (Wildman–Crippen LogP) is 11.2. The first-order chi connectivity index (χ1) is 20.8. The van der Waals surface area contributed by atoms with Crippen LogP contribution < -0.4 is 0 Å². The summed E-state index contributed by atoms with van der Waals surface area (Å²) in [5.41, 5.74) is 6.31. The first kappa shape index (κ1) is 24.5. The summed E-state index contributed by atoms with van der Waals surface area (Å²) in [5.74, 6) is 0. The quantitative estimate of drug-likeness (QED) is 0.213. The van der Waals surface area contributed by atoms with E-state index in [4.69, 9.17) is 0 Å². The third-order valence-corrected chi connectivity index (χ3v) is 10.4. The van der Waals surface area contributed by atoms with Gasteiger partial charge < -0.3 is 0 Å². The summed E-state index contributed by atoms with van der Waals surface area (Å²) in [6, 6.07) is 46.6. The van der Waals surface area contributed by atoms with E-state index in [-0.39, 0.29) is 0 Å². The first-order valence-corrected chi connectivity index (χ1v) is 15.3. The van der Waals surface area contributed by atoms with Crippen molar-refractivity contribution in [2.45, 2.75) is 0 Å². The number of benzene rings is 6. The molecule has 0 fully saturated rings. The Labute approximate surface area is 250 Å². The highest BCUT2D eigenvalue weighted by Gasteiger charge is 2.24. The first-order valence-electron chi connectivity index (χ1n) is 13.6. The van der Waals surface area contributed by atoms with Crippen LogP contribution in [0, 0.1) is 22.7 Å². The SMILES string of the molecule is N#Cc1c(-c2cccc3c2sc2ccccc23)cc(-c2cccc3c2sc2ccccc23)c(C#N)c1-c1ccccc1. The Kier molecular flexibility index (Phi) is 5.66. The van der Waals surface area contributed by atoms with Crippen LogP contribution in [-0.4, -0.2) is 0 Å². The Balaban J connectivity index is 1.54. The summed E-state index contributed by atoms with van der Waals surface area (Å²) >= 11 is 3.50. The molecule has 0 atom stereocenters. The molecule has 8 aromatic rings. The molecule has 0 aliphatic carbocycles. The van der Waals surface area contributed by atoms with Crippen LogP contribution >= 0.6 is 22.7 Å². The van der Waals surface area contributed by atoms with E-state index in [0.29, 0.717) is 16.7 Å². The lowest BCUT2D eigenvalue weighted by atomic mass is 9.83. The molecule has 4 heteroatoms. The van der Waals surface area contributed by atoms with Gasteiger partial charge in [-0.15, -0.1) is 22.7 Å². The van der Waals surface area contributed by atoms with E-state index < -0.39 is 0 Å². The third kappa shape index (κ3) is 3.60. The van der Waals surface area contributed by atoms with Crippen LogP contribution in [0.15, 0.2) is 121 Å². The van der Waals surface area contributed by atoms with Gasteiger partial charge in [-0.1, -0.05) is 103 Å². The molecule has 0 N–H and O–H groups in total. The molecule has 0 saturated carbocycles. The van der Waals surface area contributed by atoms with Crippen LogP contribution in [0.2, 0.25) is 0 Å². The molecule has 6 aromatic carbocycles. The van der Waals surface area contributed by atoms with Gasteiger partial charge in [0.15, 0.2) is 0 Å². The maximum Gasteiger partial charge on any atom is 0.100 e. The van der Waals surface area contributed by atoms with Gasteiger partial charge in [0.2, 0.25) is 0 Å². The zero-order chi connectivity index (χ0) is 28.2. The topological polar surface area (TPSA) is 47.6 Å². The zero-order valence-corrected chi connectivity index (χ0v) is 23.9. The van der Waals surface area contributed by atoms with Crippen LogP contribution in [0.25, 0.3) is 73.7 Å². The molecular formula is C38H20N2S2. The van der Waals surface area contributed by atoms with Gasteiger partial charge in [0, 0.05) is 68.2 Å². The average Bonchev–Trinajstić information content (AvgIpc) is 3.63. The molecule has 2 nitrogen and oxygen atoms in total. The molecule has 2 heterocycles. The van der Waals surface area contributed by atoms with Crippen molar-refractivity contribution < 1.29 is 0 Å². The van der Waals surface area contributed by atoms with Crippen molar-refractivity contribution >= 4 is 63.0 Å². The maximum absolute atomic E-state index is 10.7. The number of nitriles is 2. The second-order valence-electron chi connectivity index (χ2n) is 10.2. The minimum absolute atomic E-state index is 0.523. The molecule has 0 amide bonds. The van der Waals surface area contributed by atoms with Gasteiger partial charge in [-0.3, -0.25) is 0 Å². The van der Waals surface area contributed by atoms with Gasteiger partial charge in [0.1, 0.15) is 12.1 Å². The van der Waals surface area contributed by atoms with E-state index in [2.05, 4.69) is 103 Å². The van der Waals surface area contributed by atoms with Gasteiger partial charge in [-0.05, 0) is 23.8 Å². The predicted molar refractivity (Wildman–Crippen MR) is 178 cm³/mol. The fraction of sp³-hybridized carbons (Fsp3) is 0. The lowest BCUT2D eigenvalue weighted by Gasteiger charge is -2.18. The smallest absolute Gasteiger partial charge is 0.100 e. The number of hydrogen-bond acceptors (Lipinski definition) is 4. The molecule has 0 aliphatic heterocycles. The summed E-state index contributed by atoms with van der Waals surface area (Å²) in [4.78, 5) is 0. The lowest BCUT2D eigenvalue weighted by molar-refractivity contribution is 1.44. The molecule has 0 radical (unpaired) electrons. The van der Waals surface area contributed by atoms with Gasteiger partial charge in [0.05, 0.1) is 11.1 Å². The van der Waals surface area contributed by atoms with Crippen molar-refractivity contribution in [3.63, 3.8) is 0 Å². The molecule has 0 saturated heterocycles. The summed E-state index contributed by atoms with van der Waals surface area (Å²) in [5, 5.41) is 26.2. The van der Waals surface area contributed by atoms with Gasteiger partial charge >= 0.3 is 0 Å². The summed E-state index contributed by atoms with van der Waals surface area (Å²) in [6.45, 7) is 0. The molecule has 0 spiro atoms. The Morgan fingerprint density at radius 3 is 1.38 bits per heavy atom. The second-order valence-corrected chi connectivity index (χ2v) is 12.4. The Morgan fingerprint density at radius 2 is 0.881 bits per heavy atom. The van der Waals surface area contributed by atoms with Gasteiger partial charge in [-0.2, -0.15) is 10.5 Å². The lowest BCUT2D eigenvalue weighted by Crippen LogP contribution is -1.98. The molecule has 2 aromatic heterocycles. The second kappa shape index (κ2) is 9.68. The van der Waals surface area contributed by atoms with E-state index >= 15 is 0 Å². The number of rotatable bonds is 3. The van der Waals surface area contributed by atoms with Crippen LogP contribution in [0.4, 0.5) is 0 Å². The molecular weight excluding hydrogens is 549 g/mol. The monoisotopic (exact) mass is 568 g/mol. The zero-order valence-electron chi connectivity index (χ0n) is 22.3. The fourth-order valence-corrected chi connectivity index (χ4v) is 8.61. The normalized spacial score (nSPS) is 11.3. The van der Waals surface area contributed by atoms with E-state index in [1.807, 2.05) is 30.3 Å². The van der Waals surface area contributed by atoms with Crippen molar-refractivity contribution in [1.82, 2.24) is 0 Å². The van der Waals surface area contributed by atoms with E-state index in [1.165, 1.54) is 30.9 Å². The van der Waals surface area contributed by atoms with E-state index in [9.17, 15) is 10.5 Å². The number of hydrogen-bond donors (Lipinski definition) is 0. The summed E-state index contributed by atoms with van der Waals surface area (Å²) in [7, 11) is 0. The van der Waals surface area contributed by atoms with Crippen LogP contribution in [0.5, 0.6) is 0 Å². The average molecular weight is 569 g/mol. The Hall–Kier alpha value is -5.26. The fourth-order valence-electron chi connectivity index (χ4n) is 6.15. The highest BCUT2D eigenvalue weighted by molar-refractivity contribution is 7.26. The number of fused-ring (bicyclic) bond motifs is 6. The molecule has 0 aliphatic rings. The number of thiophene rings is 2. The molecule has 0 bridgehead atoms. The number of nitrogens with zero attached hydrogens (tertiary/aromatic N) is 2. The highest BCUT2D eigenvalue weighted by atomic mass is 32.1. The van der Waals surface area contributed by atoms with Crippen molar-refractivity contribution in [2.24, 2.45) is 0 Å². The molecule has 194 valence electrons. The van der Waals surface area contributed by atoms with Crippen molar-refractivity contribution in [3.8, 4) is 45.5 Å². The Morgan fingerprint density at radius 1 is 0.429 bits per heavy atom. The maximum atomic E-state index is 10.7. The molecule has 0 unspecified atom stereocenters. The van der Waals surface area contributed by atoms with Crippen LogP contribution in [-0.2, 0) is 0 Å². The van der Waals surface area contributed by atoms with Crippen LogP contribution in [0.3, 0.4) is 0 Å². The molecule has 42 heavy (non-hydrogen) atoms. The largest absolute Gasteiger partial charge is 0.192 e. The van der Waals surface area contributed by atoms with E-state index in [1.54, 1.807) is 22.7 Å². The molecule has 8 rings (SSSR count). The minimum atomic E-state index is 0.523.